The summed E-state index contributed by atoms with van der Waals surface area (Å²) in [4.78, 5) is 27.4. The van der Waals surface area contributed by atoms with Crippen molar-refractivity contribution in [3.05, 3.63) is 65.2 Å². The molecule has 2 aromatic rings. The van der Waals surface area contributed by atoms with Crippen LogP contribution in [0, 0.1) is 6.92 Å². The van der Waals surface area contributed by atoms with E-state index in [1.54, 1.807) is 0 Å². The van der Waals surface area contributed by atoms with Crippen LogP contribution in [0.4, 0.5) is 0 Å². The predicted molar refractivity (Wildman–Crippen MR) is 123 cm³/mol. The third-order valence-corrected chi connectivity index (χ3v) is 6.25. The number of rotatable bonds is 6. The van der Waals surface area contributed by atoms with Gasteiger partial charge in [0.1, 0.15) is 11.8 Å². The molecule has 2 unspecified atom stereocenters. The van der Waals surface area contributed by atoms with Crippen LogP contribution in [0.3, 0.4) is 0 Å². The molecule has 2 amide bonds. The predicted octanol–water partition coefficient (Wildman–Crippen LogP) is 2.72. The highest BCUT2D eigenvalue weighted by Gasteiger charge is 2.34. The van der Waals surface area contributed by atoms with Crippen molar-refractivity contribution in [1.82, 2.24) is 21.1 Å². The SMILES string of the molecule is CCOc1ccc(C2CC(C(=O)N3CCC(NC(=O)c4ccc(C)cc4)CC3)NN2)cc1. The van der Waals surface area contributed by atoms with Gasteiger partial charge in [-0.15, -0.1) is 0 Å². The fourth-order valence-corrected chi connectivity index (χ4v) is 4.34. The number of benzene rings is 2. The number of carbonyl (C=O) groups is 2. The van der Waals surface area contributed by atoms with Crippen molar-refractivity contribution < 1.29 is 14.3 Å². The molecule has 0 spiro atoms. The van der Waals surface area contributed by atoms with Crippen molar-refractivity contribution in [2.24, 2.45) is 0 Å². The fraction of sp³-hybridized carbons (Fsp3) is 0.440. The summed E-state index contributed by atoms with van der Waals surface area (Å²) in [5.41, 5.74) is 9.37. The van der Waals surface area contributed by atoms with Gasteiger partial charge in [-0.05, 0) is 62.9 Å². The summed E-state index contributed by atoms with van der Waals surface area (Å²) in [6.07, 6.45) is 2.24. The molecule has 0 bridgehead atoms. The summed E-state index contributed by atoms with van der Waals surface area (Å²) in [5, 5.41) is 3.11. The van der Waals surface area contributed by atoms with Crippen LogP contribution in [-0.2, 0) is 4.79 Å². The number of hydrazine groups is 1. The van der Waals surface area contributed by atoms with E-state index >= 15 is 0 Å². The van der Waals surface area contributed by atoms with Crippen molar-refractivity contribution in [3.8, 4) is 5.75 Å². The molecule has 0 radical (unpaired) electrons. The normalized spacial score (nSPS) is 21.4. The molecule has 7 heteroatoms. The zero-order valence-electron chi connectivity index (χ0n) is 18.8. The molecule has 2 fully saturated rings. The van der Waals surface area contributed by atoms with Gasteiger partial charge in [-0.1, -0.05) is 29.8 Å². The van der Waals surface area contributed by atoms with Crippen molar-refractivity contribution in [2.45, 2.75) is 51.2 Å². The Morgan fingerprint density at radius 1 is 1.03 bits per heavy atom. The Morgan fingerprint density at radius 2 is 1.72 bits per heavy atom. The second kappa shape index (κ2) is 10.1. The molecule has 170 valence electrons. The Labute approximate surface area is 189 Å². The maximum atomic E-state index is 13.0. The number of likely N-dealkylation sites (tertiary alicyclic amines) is 1. The van der Waals surface area contributed by atoms with E-state index in [-0.39, 0.29) is 29.9 Å². The van der Waals surface area contributed by atoms with E-state index in [9.17, 15) is 9.59 Å². The summed E-state index contributed by atoms with van der Waals surface area (Å²) in [7, 11) is 0. The zero-order chi connectivity index (χ0) is 22.5. The maximum absolute atomic E-state index is 13.0. The van der Waals surface area contributed by atoms with E-state index in [1.807, 2.05) is 67.3 Å². The van der Waals surface area contributed by atoms with Crippen molar-refractivity contribution in [1.29, 1.82) is 0 Å². The molecular formula is C25H32N4O3. The lowest BCUT2D eigenvalue weighted by Gasteiger charge is -2.33. The van der Waals surface area contributed by atoms with Crippen LogP contribution in [0.2, 0.25) is 0 Å². The standard InChI is InChI=1S/C25H32N4O3/c1-3-32-21-10-8-18(9-11-21)22-16-23(28-27-22)25(31)29-14-12-20(13-15-29)26-24(30)19-6-4-17(2)5-7-19/h4-11,20,22-23,27-28H,3,12-16H2,1-2H3,(H,26,30). The van der Waals surface area contributed by atoms with Crippen LogP contribution in [0.15, 0.2) is 48.5 Å². The van der Waals surface area contributed by atoms with Gasteiger partial charge in [-0.25, -0.2) is 10.9 Å². The quantitative estimate of drug-likeness (QED) is 0.649. The number of hydrogen-bond donors (Lipinski definition) is 3. The average Bonchev–Trinajstić information content (AvgIpc) is 3.30. The number of nitrogens with one attached hydrogen (secondary N) is 3. The lowest BCUT2D eigenvalue weighted by molar-refractivity contribution is -0.134. The first-order chi connectivity index (χ1) is 15.5. The first kappa shape index (κ1) is 22.3. The fourth-order valence-electron chi connectivity index (χ4n) is 4.34. The van der Waals surface area contributed by atoms with E-state index in [1.165, 1.54) is 0 Å². The summed E-state index contributed by atoms with van der Waals surface area (Å²) in [6.45, 7) is 5.93. The van der Waals surface area contributed by atoms with Crippen molar-refractivity contribution in [3.63, 3.8) is 0 Å². The molecule has 2 aliphatic heterocycles. The van der Waals surface area contributed by atoms with Gasteiger partial charge >= 0.3 is 0 Å². The number of ether oxygens (including phenoxy) is 1. The van der Waals surface area contributed by atoms with Gasteiger partial charge in [0, 0.05) is 30.7 Å². The van der Waals surface area contributed by atoms with Gasteiger partial charge in [0.25, 0.3) is 5.91 Å². The molecular weight excluding hydrogens is 404 g/mol. The second-order valence-electron chi connectivity index (χ2n) is 8.57. The molecule has 2 saturated heterocycles. The first-order valence-corrected chi connectivity index (χ1v) is 11.4. The molecule has 2 heterocycles. The molecule has 0 aromatic heterocycles. The lowest BCUT2D eigenvalue weighted by Crippen LogP contribution is -2.51. The average molecular weight is 437 g/mol. The summed E-state index contributed by atoms with van der Waals surface area (Å²) in [6, 6.07) is 15.5. The molecule has 3 N–H and O–H groups in total. The zero-order valence-corrected chi connectivity index (χ0v) is 18.8. The Hall–Kier alpha value is -2.90. The van der Waals surface area contributed by atoms with Crippen molar-refractivity contribution >= 4 is 11.8 Å². The Morgan fingerprint density at radius 3 is 2.38 bits per heavy atom. The molecule has 7 nitrogen and oxygen atoms in total. The highest BCUT2D eigenvalue weighted by atomic mass is 16.5. The minimum Gasteiger partial charge on any atom is -0.494 e. The third-order valence-electron chi connectivity index (χ3n) is 6.25. The second-order valence-corrected chi connectivity index (χ2v) is 8.57. The molecule has 2 atom stereocenters. The number of carbonyl (C=O) groups excluding carboxylic acids is 2. The highest BCUT2D eigenvalue weighted by Crippen LogP contribution is 2.25. The van der Waals surface area contributed by atoms with Crippen LogP contribution in [-0.4, -0.2) is 48.5 Å². The largest absolute Gasteiger partial charge is 0.494 e. The number of hydrogen-bond acceptors (Lipinski definition) is 5. The first-order valence-electron chi connectivity index (χ1n) is 11.4. The Bertz CT molecular complexity index is 921. The van der Waals surface area contributed by atoms with Crippen LogP contribution in [0.5, 0.6) is 5.75 Å². The Balaban J connectivity index is 1.24. The van der Waals surface area contributed by atoms with Crippen LogP contribution in [0.1, 0.15) is 53.7 Å². The number of nitrogens with zero attached hydrogens (tertiary/aromatic N) is 1. The number of aryl methyl sites for hydroxylation is 1. The summed E-state index contributed by atoms with van der Waals surface area (Å²) >= 11 is 0. The summed E-state index contributed by atoms with van der Waals surface area (Å²) < 4.78 is 5.50. The van der Waals surface area contributed by atoms with Gasteiger partial charge in [0.05, 0.1) is 6.61 Å². The minimum atomic E-state index is -0.245. The summed E-state index contributed by atoms with van der Waals surface area (Å²) in [5.74, 6) is 0.927. The van der Waals surface area contributed by atoms with Crippen LogP contribution < -0.4 is 20.9 Å². The smallest absolute Gasteiger partial charge is 0.251 e. The minimum absolute atomic E-state index is 0.0466. The van der Waals surface area contributed by atoms with Gasteiger partial charge in [-0.3, -0.25) is 9.59 Å². The number of piperidine rings is 1. The monoisotopic (exact) mass is 436 g/mol. The van der Waals surface area contributed by atoms with Crippen LogP contribution >= 0.6 is 0 Å². The molecule has 0 aliphatic carbocycles. The molecule has 0 saturated carbocycles. The topological polar surface area (TPSA) is 82.7 Å². The van der Waals surface area contributed by atoms with E-state index in [0.717, 1.165) is 29.7 Å². The molecule has 32 heavy (non-hydrogen) atoms. The maximum Gasteiger partial charge on any atom is 0.251 e. The molecule has 2 aliphatic rings. The van der Waals surface area contributed by atoms with E-state index in [2.05, 4.69) is 16.2 Å². The molecule has 4 rings (SSSR count). The molecule has 2 aromatic carbocycles. The number of amides is 2. The van der Waals surface area contributed by atoms with Gasteiger partial charge in [0.15, 0.2) is 0 Å². The van der Waals surface area contributed by atoms with E-state index < -0.39 is 0 Å². The third kappa shape index (κ3) is 5.29. The van der Waals surface area contributed by atoms with E-state index in [4.69, 9.17) is 4.74 Å². The van der Waals surface area contributed by atoms with Crippen molar-refractivity contribution in [2.75, 3.05) is 19.7 Å². The van der Waals surface area contributed by atoms with E-state index in [0.29, 0.717) is 31.7 Å². The van der Waals surface area contributed by atoms with Gasteiger partial charge in [0.2, 0.25) is 5.91 Å². The van der Waals surface area contributed by atoms with Gasteiger partial charge in [-0.2, -0.15) is 0 Å². The van der Waals surface area contributed by atoms with Gasteiger partial charge < -0.3 is 15.0 Å². The Kier molecular flexibility index (Phi) is 7.07. The van der Waals surface area contributed by atoms with Crippen LogP contribution in [0.25, 0.3) is 0 Å². The lowest BCUT2D eigenvalue weighted by atomic mass is 9.99. The highest BCUT2D eigenvalue weighted by molar-refractivity contribution is 5.94.